The van der Waals surface area contributed by atoms with Crippen LogP contribution in [0, 0.1) is 0 Å². The van der Waals surface area contributed by atoms with E-state index in [2.05, 4.69) is 46.3 Å². The predicted molar refractivity (Wildman–Crippen MR) is 110 cm³/mol. The van der Waals surface area contributed by atoms with Crippen LogP contribution in [0.5, 0.6) is 0 Å². The van der Waals surface area contributed by atoms with E-state index in [4.69, 9.17) is 15.7 Å². The minimum Gasteiger partial charge on any atom is -0.330 e. The fraction of sp³-hybridized carbons (Fsp3) is 0.455. The average molecular weight is 364 g/mol. The Morgan fingerprint density at radius 2 is 2.04 bits per heavy atom. The van der Waals surface area contributed by atoms with Crippen molar-refractivity contribution in [3.63, 3.8) is 0 Å². The summed E-state index contributed by atoms with van der Waals surface area (Å²) in [6, 6.07) is 13.2. The number of fused-ring (bicyclic) bond motifs is 2. The van der Waals surface area contributed by atoms with E-state index in [0.717, 1.165) is 62.2 Å². The molecule has 2 aromatic heterocycles. The van der Waals surface area contributed by atoms with E-state index in [9.17, 15) is 0 Å². The van der Waals surface area contributed by atoms with Gasteiger partial charge >= 0.3 is 0 Å². The first-order valence-electron chi connectivity index (χ1n) is 10.1. The zero-order valence-electron chi connectivity index (χ0n) is 16.1. The number of hydrogen-bond donors (Lipinski definition) is 2. The molecule has 27 heavy (non-hydrogen) atoms. The van der Waals surface area contributed by atoms with Crippen LogP contribution in [0.2, 0.25) is 0 Å². The molecule has 5 heteroatoms. The number of nitrogens with zero attached hydrogens (tertiary/aromatic N) is 3. The van der Waals surface area contributed by atoms with Gasteiger partial charge in [0.05, 0.1) is 16.7 Å². The third kappa shape index (κ3) is 3.75. The number of para-hydroxylation sites is 2. The number of pyridine rings is 1. The summed E-state index contributed by atoms with van der Waals surface area (Å²) >= 11 is 0. The first kappa shape index (κ1) is 18.1. The lowest BCUT2D eigenvalue weighted by Gasteiger charge is -2.24. The number of nitrogens with two attached hydrogens (primary N) is 1. The van der Waals surface area contributed by atoms with E-state index < -0.39 is 0 Å². The van der Waals surface area contributed by atoms with Gasteiger partial charge in [-0.1, -0.05) is 18.2 Å². The Morgan fingerprint density at radius 1 is 1.15 bits per heavy atom. The highest BCUT2D eigenvalue weighted by atomic mass is 15.1. The van der Waals surface area contributed by atoms with Gasteiger partial charge in [0.1, 0.15) is 5.82 Å². The van der Waals surface area contributed by atoms with Gasteiger partial charge in [-0.05, 0) is 69.5 Å². The van der Waals surface area contributed by atoms with Crippen LogP contribution in [0.25, 0.3) is 11.0 Å². The molecular formula is C22H29N5. The average Bonchev–Trinajstić information content (AvgIpc) is 3.05. The number of aryl methyl sites for hydroxylation is 2. The number of hydrogen-bond acceptors (Lipinski definition) is 4. The molecule has 0 bridgehead atoms. The summed E-state index contributed by atoms with van der Waals surface area (Å²) in [5.74, 6) is 1.09. The number of unbranched alkanes of at least 4 members (excludes halogenated alkanes) is 1. The molecule has 0 saturated carbocycles. The van der Waals surface area contributed by atoms with Crippen molar-refractivity contribution >= 4 is 11.0 Å². The number of imidazole rings is 1. The lowest BCUT2D eigenvalue weighted by Crippen LogP contribution is -2.23. The summed E-state index contributed by atoms with van der Waals surface area (Å²) in [6.45, 7) is 1.69. The zero-order valence-corrected chi connectivity index (χ0v) is 16.1. The van der Waals surface area contributed by atoms with Crippen LogP contribution in [-0.4, -0.2) is 28.1 Å². The molecule has 3 aromatic rings. The Morgan fingerprint density at radius 3 is 2.89 bits per heavy atom. The van der Waals surface area contributed by atoms with Crippen molar-refractivity contribution in [3.05, 3.63) is 59.2 Å². The fourth-order valence-electron chi connectivity index (χ4n) is 4.16. The van der Waals surface area contributed by atoms with E-state index in [1.54, 1.807) is 0 Å². The van der Waals surface area contributed by atoms with Gasteiger partial charge in [-0.2, -0.15) is 0 Å². The standard InChI is InChI=1S/C22H29N5/c1-24-19-9-6-7-16-11-12-17(25-22(16)19)15-21-26-18-8-2-3-10-20(18)27(21)14-5-4-13-23/h2-3,8,10-12,19,24H,4-7,9,13-15,23H2,1H3. The summed E-state index contributed by atoms with van der Waals surface area (Å²) < 4.78 is 2.35. The molecule has 3 N–H and O–H groups in total. The minimum absolute atomic E-state index is 0.372. The molecule has 2 heterocycles. The molecule has 1 aliphatic carbocycles. The molecule has 1 aromatic carbocycles. The Bertz CT molecular complexity index is 914. The molecular weight excluding hydrogens is 334 g/mol. The molecule has 0 amide bonds. The molecule has 142 valence electrons. The van der Waals surface area contributed by atoms with Crippen molar-refractivity contribution in [1.29, 1.82) is 0 Å². The molecule has 1 unspecified atom stereocenters. The van der Waals surface area contributed by atoms with E-state index in [1.807, 2.05) is 7.05 Å². The van der Waals surface area contributed by atoms with Crippen molar-refractivity contribution in [3.8, 4) is 0 Å². The number of aromatic nitrogens is 3. The van der Waals surface area contributed by atoms with Crippen LogP contribution in [0.1, 0.15) is 54.5 Å². The number of rotatable bonds is 7. The first-order valence-corrected chi connectivity index (χ1v) is 10.1. The largest absolute Gasteiger partial charge is 0.330 e. The Kier molecular flexibility index (Phi) is 5.50. The summed E-state index contributed by atoms with van der Waals surface area (Å²) in [5, 5.41) is 3.42. The second kappa shape index (κ2) is 8.19. The molecule has 4 rings (SSSR count). The summed E-state index contributed by atoms with van der Waals surface area (Å²) in [5.41, 5.74) is 11.7. The van der Waals surface area contributed by atoms with Gasteiger partial charge in [0.2, 0.25) is 0 Å². The van der Waals surface area contributed by atoms with Crippen molar-refractivity contribution in [2.24, 2.45) is 5.73 Å². The maximum absolute atomic E-state index is 5.69. The van der Waals surface area contributed by atoms with Gasteiger partial charge in [-0.3, -0.25) is 4.98 Å². The Labute approximate surface area is 161 Å². The van der Waals surface area contributed by atoms with E-state index in [0.29, 0.717) is 6.04 Å². The van der Waals surface area contributed by atoms with Crippen LogP contribution in [0.15, 0.2) is 36.4 Å². The third-order valence-corrected chi connectivity index (χ3v) is 5.60. The lowest BCUT2D eigenvalue weighted by molar-refractivity contribution is 0.481. The van der Waals surface area contributed by atoms with Crippen LogP contribution in [-0.2, 0) is 19.4 Å². The smallest absolute Gasteiger partial charge is 0.115 e. The van der Waals surface area contributed by atoms with Crippen LogP contribution in [0.4, 0.5) is 0 Å². The second-order valence-electron chi connectivity index (χ2n) is 7.42. The van der Waals surface area contributed by atoms with Crippen LogP contribution < -0.4 is 11.1 Å². The van der Waals surface area contributed by atoms with Gasteiger partial charge in [0, 0.05) is 24.7 Å². The maximum atomic E-state index is 5.69. The second-order valence-corrected chi connectivity index (χ2v) is 7.42. The summed E-state index contributed by atoms with van der Waals surface area (Å²) in [4.78, 5) is 9.95. The highest BCUT2D eigenvalue weighted by Crippen LogP contribution is 2.28. The normalized spacial score (nSPS) is 16.6. The number of nitrogens with one attached hydrogen (secondary N) is 1. The zero-order chi connectivity index (χ0) is 18.6. The SMILES string of the molecule is CNC1CCCc2ccc(Cc3nc4ccccc4n3CCCCN)nc21. The number of benzene rings is 1. The Balaban J connectivity index is 1.66. The van der Waals surface area contributed by atoms with Gasteiger partial charge in [0.15, 0.2) is 0 Å². The van der Waals surface area contributed by atoms with Crippen molar-refractivity contribution in [1.82, 2.24) is 19.9 Å². The highest BCUT2D eigenvalue weighted by molar-refractivity contribution is 5.76. The summed E-state index contributed by atoms with van der Waals surface area (Å²) in [7, 11) is 2.03. The van der Waals surface area contributed by atoms with Crippen LogP contribution >= 0.6 is 0 Å². The van der Waals surface area contributed by atoms with Crippen LogP contribution in [0.3, 0.4) is 0 Å². The molecule has 0 aliphatic heterocycles. The van der Waals surface area contributed by atoms with E-state index in [1.165, 1.54) is 23.2 Å². The van der Waals surface area contributed by atoms with Crippen molar-refractivity contribution in [2.45, 2.75) is 51.1 Å². The van der Waals surface area contributed by atoms with Gasteiger partial charge in [-0.15, -0.1) is 0 Å². The molecule has 0 fully saturated rings. The lowest BCUT2D eigenvalue weighted by atomic mass is 9.91. The van der Waals surface area contributed by atoms with Gasteiger partial charge in [-0.25, -0.2) is 4.98 Å². The fourth-order valence-corrected chi connectivity index (χ4v) is 4.16. The molecule has 1 atom stereocenters. The monoisotopic (exact) mass is 363 g/mol. The molecule has 0 saturated heterocycles. The first-order chi connectivity index (χ1) is 13.3. The van der Waals surface area contributed by atoms with Crippen molar-refractivity contribution < 1.29 is 0 Å². The summed E-state index contributed by atoms with van der Waals surface area (Å²) in [6.07, 6.45) is 6.41. The predicted octanol–water partition coefficient (Wildman–Crippen LogP) is 3.36. The topological polar surface area (TPSA) is 68.8 Å². The van der Waals surface area contributed by atoms with E-state index >= 15 is 0 Å². The molecule has 5 nitrogen and oxygen atoms in total. The molecule has 1 aliphatic rings. The Hall–Kier alpha value is -2.24. The van der Waals surface area contributed by atoms with Gasteiger partial charge in [0.25, 0.3) is 0 Å². The van der Waals surface area contributed by atoms with E-state index in [-0.39, 0.29) is 0 Å². The van der Waals surface area contributed by atoms with Gasteiger partial charge < -0.3 is 15.6 Å². The maximum Gasteiger partial charge on any atom is 0.115 e. The minimum atomic E-state index is 0.372. The molecule has 0 radical (unpaired) electrons. The molecule has 0 spiro atoms. The third-order valence-electron chi connectivity index (χ3n) is 5.60. The quantitative estimate of drug-likeness (QED) is 0.632. The van der Waals surface area contributed by atoms with Crippen molar-refractivity contribution in [2.75, 3.05) is 13.6 Å². The highest BCUT2D eigenvalue weighted by Gasteiger charge is 2.21.